The van der Waals surface area contributed by atoms with Crippen LogP contribution in [0.25, 0.3) is 0 Å². The highest BCUT2D eigenvalue weighted by atomic mass is 32.2. The van der Waals surface area contributed by atoms with Crippen LogP contribution < -0.4 is 14.4 Å². The van der Waals surface area contributed by atoms with Crippen LogP contribution in [0.1, 0.15) is 22.8 Å². The van der Waals surface area contributed by atoms with Crippen LogP contribution in [-0.4, -0.2) is 40.6 Å². The van der Waals surface area contributed by atoms with Crippen LogP contribution in [0.4, 0.5) is 15.8 Å². The number of nitrogens with zero attached hydrogens (tertiary/aromatic N) is 1. The van der Waals surface area contributed by atoms with E-state index in [9.17, 15) is 22.4 Å². The number of esters is 1. The molecule has 0 aromatic heterocycles. The Morgan fingerprint density at radius 2 is 1.66 bits per heavy atom. The predicted molar refractivity (Wildman–Crippen MR) is 130 cm³/mol. The van der Waals surface area contributed by atoms with E-state index >= 15 is 0 Å². The lowest BCUT2D eigenvalue weighted by Crippen LogP contribution is -2.38. The van der Waals surface area contributed by atoms with Crippen molar-refractivity contribution >= 4 is 33.3 Å². The van der Waals surface area contributed by atoms with Crippen LogP contribution in [0.15, 0.2) is 71.6 Å². The topological polar surface area (TPSA) is 102 Å². The minimum Gasteiger partial charge on any atom is -0.494 e. The Hall–Kier alpha value is -3.92. The number of halogens is 1. The largest absolute Gasteiger partial charge is 0.494 e. The molecule has 8 nitrogen and oxygen atoms in total. The molecule has 3 aromatic carbocycles. The quantitative estimate of drug-likeness (QED) is 0.443. The van der Waals surface area contributed by atoms with E-state index in [4.69, 9.17) is 9.47 Å². The molecule has 0 radical (unpaired) electrons. The second-order valence-electron chi connectivity index (χ2n) is 7.41. The summed E-state index contributed by atoms with van der Waals surface area (Å²) in [4.78, 5) is 24.8. The Labute approximate surface area is 203 Å². The van der Waals surface area contributed by atoms with Crippen molar-refractivity contribution in [3.8, 4) is 5.75 Å². The average Bonchev–Trinajstić information content (AvgIpc) is 2.84. The van der Waals surface area contributed by atoms with Crippen molar-refractivity contribution in [2.24, 2.45) is 0 Å². The fourth-order valence-electron chi connectivity index (χ4n) is 3.35. The molecule has 0 aliphatic rings. The third-order valence-electron chi connectivity index (χ3n) is 5.14. The second kappa shape index (κ2) is 11.0. The van der Waals surface area contributed by atoms with E-state index in [0.29, 0.717) is 23.6 Å². The van der Waals surface area contributed by atoms with Crippen molar-refractivity contribution in [3.63, 3.8) is 0 Å². The number of sulfonamides is 1. The first-order chi connectivity index (χ1) is 16.7. The first-order valence-electron chi connectivity index (χ1n) is 10.7. The Morgan fingerprint density at radius 3 is 2.26 bits per heavy atom. The lowest BCUT2D eigenvalue weighted by Gasteiger charge is -2.24. The maximum Gasteiger partial charge on any atom is 0.338 e. The van der Waals surface area contributed by atoms with Gasteiger partial charge in [-0.2, -0.15) is 0 Å². The highest BCUT2D eigenvalue weighted by molar-refractivity contribution is 7.92. The van der Waals surface area contributed by atoms with Crippen molar-refractivity contribution < 1.29 is 31.9 Å². The minimum atomic E-state index is -4.23. The summed E-state index contributed by atoms with van der Waals surface area (Å²) in [6, 6.07) is 15.3. The maximum absolute atomic E-state index is 13.4. The van der Waals surface area contributed by atoms with Gasteiger partial charge < -0.3 is 14.8 Å². The molecule has 0 aliphatic carbocycles. The average molecular weight is 501 g/mol. The normalized spacial score (nSPS) is 11.0. The first-order valence-corrected chi connectivity index (χ1v) is 12.1. The van der Waals surface area contributed by atoms with Gasteiger partial charge >= 0.3 is 5.97 Å². The van der Waals surface area contributed by atoms with E-state index in [-0.39, 0.29) is 16.1 Å². The van der Waals surface area contributed by atoms with E-state index in [2.05, 4.69) is 5.32 Å². The SMILES string of the molecule is CCOc1ccc(N(CC(=O)Nc2cccc(C(=O)OC)c2C)S(=O)(=O)c2ccc(F)cc2)cc1. The van der Waals surface area contributed by atoms with Crippen LogP contribution in [0.2, 0.25) is 0 Å². The number of amides is 1. The maximum atomic E-state index is 13.4. The molecule has 0 atom stereocenters. The van der Waals surface area contributed by atoms with Gasteiger partial charge in [-0.25, -0.2) is 17.6 Å². The number of hydrogen-bond acceptors (Lipinski definition) is 6. The van der Waals surface area contributed by atoms with Crippen LogP contribution in [0.3, 0.4) is 0 Å². The third-order valence-corrected chi connectivity index (χ3v) is 6.93. The number of rotatable bonds is 9. The van der Waals surface area contributed by atoms with Gasteiger partial charge in [-0.05, 0) is 80.1 Å². The summed E-state index contributed by atoms with van der Waals surface area (Å²) < 4.78 is 51.3. The fourth-order valence-corrected chi connectivity index (χ4v) is 4.77. The molecule has 1 amide bonds. The van der Waals surface area contributed by atoms with E-state index < -0.39 is 34.3 Å². The second-order valence-corrected chi connectivity index (χ2v) is 9.27. The zero-order valence-corrected chi connectivity index (χ0v) is 20.3. The van der Waals surface area contributed by atoms with E-state index in [1.54, 1.807) is 37.3 Å². The van der Waals surface area contributed by atoms with Crippen LogP contribution in [0.5, 0.6) is 5.75 Å². The molecule has 184 valence electrons. The molecule has 0 unspecified atom stereocenters. The van der Waals surface area contributed by atoms with Crippen LogP contribution in [0, 0.1) is 12.7 Å². The number of carbonyl (C=O) groups excluding carboxylic acids is 2. The Morgan fingerprint density at radius 1 is 1.00 bits per heavy atom. The highest BCUT2D eigenvalue weighted by Crippen LogP contribution is 2.27. The monoisotopic (exact) mass is 500 g/mol. The summed E-state index contributed by atoms with van der Waals surface area (Å²) in [6.07, 6.45) is 0. The van der Waals surface area contributed by atoms with Gasteiger partial charge in [-0.3, -0.25) is 9.10 Å². The molecule has 0 heterocycles. The lowest BCUT2D eigenvalue weighted by atomic mass is 10.1. The summed E-state index contributed by atoms with van der Waals surface area (Å²) in [7, 11) is -2.98. The van der Waals surface area contributed by atoms with Crippen LogP contribution in [-0.2, 0) is 19.6 Å². The fraction of sp³-hybridized carbons (Fsp3) is 0.200. The molecule has 0 aliphatic heterocycles. The third kappa shape index (κ3) is 5.96. The summed E-state index contributed by atoms with van der Waals surface area (Å²) in [5.74, 6) is -1.26. The van der Waals surface area contributed by atoms with Gasteiger partial charge in [0.2, 0.25) is 5.91 Å². The molecule has 35 heavy (non-hydrogen) atoms. The zero-order chi connectivity index (χ0) is 25.6. The van der Waals surface area contributed by atoms with Gasteiger partial charge in [0.1, 0.15) is 18.1 Å². The summed E-state index contributed by atoms with van der Waals surface area (Å²) in [5, 5.41) is 2.66. The summed E-state index contributed by atoms with van der Waals surface area (Å²) >= 11 is 0. The van der Waals surface area contributed by atoms with Crippen molar-refractivity contribution in [1.82, 2.24) is 0 Å². The van der Waals surface area contributed by atoms with E-state index in [1.807, 2.05) is 6.92 Å². The van der Waals surface area contributed by atoms with Crippen molar-refractivity contribution in [2.75, 3.05) is 29.9 Å². The number of nitrogens with one attached hydrogen (secondary N) is 1. The minimum absolute atomic E-state index is 0.176. The molecule has 10 heteroatoms. The zero-order valence-electron chi connectivity index (χ0n) is 19.4. The summed E-state index contributed by atoms with van der Waals surface area (Å²) in [5.41, 5.74) is 1.30. The molecule has 0 spiro atoms. The molecule has 3 rings (SSSR count). The molecular weight excluding hydrogens is 475 g/mol. The molecule has 0 saturated heterocycles. The van der Waals surface area contributed by atoms with Crippen molar-refractivity contribution in [2.45, 2.75) is 18.7 Å². The van der Waals surface area contributed by atoms with Gasteiger partial charge in [0, 0.05) is 5.69 Å². The molecule has 0 saturated carbocycles. The van der Waals surface area contributed by atoms with Crippen molar-refractivity contribution in [1.29, 1.82) is 0 Å². The Balaban J connectivity index is 1.95. The molecular formula is C25H25FN2O6S. The number of benzene rings is 3. The van der Waals surface area contributed by atoms with Gasteiger partial charge in [0.05, 0.1) is 29.9 Å². The smallest absolute Gasteiger partial charge is 0.338 e. The number of anilines is 2. The first kappa shape index (κ1) is 25.7. The predicted octanol–water partition coefficient (Wildman–Crippen LogP) is 4.15. The number of hydrogen-bond donors (Lipinski definition) is 1. The molecule has 3 aromatic rings. The standard InChI is InChI=1S/C25H25FN2O6S/c1-4-34-20-12-10-19(11-13-20)28(35(31,32)21-14-8-18(26)9-15-21)16-24(29)27-23-7-5-6-22(17(23)2)25(30)33-3/h5-15H,4,16H2,1-3H3,(H,27,29). The lowest BCUT2D eigenvalue weighted by molar-refractivity contribution is -0.114. The Bertz CT molecular complexity index is 1310. The highest BCUT2D eigenvalue weighted by Gasteiger charge is 2.28. The van der Waals surface area contributed by atoms with Crippen molar-refractivity contribution in [3.05, 3.63) is 83.7 Å². The van der Waals surface area contributed by atoms with E-state index in [1.165, 1.54) is 19.2 Å². The number of carbonyl (C=O) groups is 2. The number of ether oxygens (including phenoxy) is 2. The molecule has 1 N–H and O–H groups in total. The van der Waals surface area contributed by atoms with E-state index in [0.717, 1.165) is 28.6 Å². The molecule has 0 bridgehead atoms. The van der Waals surface area contributed by atoms with Gasteiger partial charge in [-0.15, -0.1) is 0 Å². The van der Waals surface area contributed by atoms with Gasteiger partial charge in [-0.1, -0.05) is 6.07 Å². The molecule has 0 fully saturated rings. The summed E-state index contributed by atoms with van der Waals surface area (Å²) in [6.45, 7) is 3.32. The Kier molecular flexibility index (Phi) is 8.08. The van der Waals surface area contributed by atoms with Crippen LogP contribution >= 0.6 is 0 Å². The van der Waals surface area contributed by atoms with Gasteiger partial charge in [0.25, 0.3) is 10.0 Å². The van der Waals surface area contributed by atoms with Gasteiger partial charge in [0.15, 0.2) is 0 Å². The number of methoxy groups -OCH3 is 1.